The highest BCUT2D eigenvalue weighted by molar-refractivity contribution is 5.41. The fourth-order valence-electron chi connectivity index (χ4n) is 3.66. The van der Waals surface area contributed by atoms with Crippen LogP contribution in [-0.2, 0) is 17.7 Å². The molecule has 2 aromatic rings. The zero-order valence-corrected chi connectivity index (χ0v) is 18.1. The first kappa shape index (κ1) is 22.3. The van der Waals surface area contributed by atoms with Crippen LogP contribution in [0.15, 0.2) is 61.2 Å². The number of nitrogens with zero attached hydrogens (tertiary/aromatic N) is 2. The molecule has 0 spiro atoms. The molecule has 0 saturated carbocycles. The van der Waals surface area contributed by atoms with E-state index >= 15 is 0 Å². The van der Waals surface area contributed by atoms with E-state index in [0.717, 1.165) is 69.4 Å². The van der Waals surface area contributed by atoms with Crippen LogP contribution in [-0.4, -0.2) is 69.5 Å². The van der Waals surface area contributed by atoms with Gasteiger partial charge in [0.15, 0.2) is 0 Å². The second-order valence-electron chi connectivity index (χ2n) is 7.53. The van der Waals surface area contributed by atoms with Crippen LogP contribution in [0.5, 0.6) is 11.5 Å². The Bertz CT molecular complexity index is 758. The molecule has 3 rings (SSSR count). The summed E-state index contributed by atoms with van der Waals surface area (Å²) in [5.74, 6) is 1.70. The summed E-state index contributed by atoms with van der Waals surface area (Å²) < 4.78 is 17.0. The van der Waals surface area contributed by atoms with Crippen molar-refractivity contribution in [3.63, 3.8) is 0 Å². The van der Waals surface area contributed by atoms with Gasteiger partial charge in [0.1, 0.15) is 18.1 Å². The number of piperazine rings is 1. The van der Waals surface area contributed by atoms with Crippen molar-refractivity contribution in [2.45, 2.75) is 13.0 Å². The normalized spacial score (nSPS) is 15.1. The van der Waals surface area contributed by atoms with Gasteiger partial charge in [-0.1, -0.05) is 36.4 Å². The lowest BCUT2D eigenvalue weighted by molar-refractivity contribution is 0.0601. The Morgan fingerprint density at radius 3 is 2.43 bits per heavy atom. The maximum absolute atomic E-state index is 5.90. The van der Waals surface area contributed by atoms with Gasteiger partial charge < -0.3 is 14.2 Å². The Morgan fingerprint density at radius 1 is 0.933 bits per heavy atom. The molecule has 1 aliphatic rings. The van der Waals surface area contributed by atoms with E-state index in [1.54, 1.807) is 7.11 Å². The average Bonchev–Trinajstić information content (AvgIpc) is 2.79. The number of methoxy groups -OCH3 is 1. The summed E-state index contributed by atoms with van der Waals surface area (Å²) in [5, 5.41) is 0. The molecule has 5 heteroatoms. The maximum Gasteiger partial charge on any atom is 0.123 e. The number of rotatable bonds is 12. The van der Waals surface area contributed by atoms with Gasteiger partial charge in [-0.3, -0.25) is 9.80 Å². The van der Waals surface area contributed by atoms with Crippen LogP contribution in [0.4, 0.5) is 0 Å². The van der Waals surface area contributed by atoms with Crippen LogP contribution in [0.1, 0.15) is 11.1 Å². The van der Waals surface area contributed by atoms with Gasteiger partial charge in [0, 0.05) is 44.8 Å². The van der Waals surface area contributed by atoms with Crippen LogP contribution in [0.2, 0.25) is 0 Å². The van der Waals surface area contributed by atoms with E-state index in [4.69, 9.17) is 14.2 Å². The Kier molecular flexibility index (Phi) is 9.22. The van der Waals surface area contributed by atoms with Gasteiger partial charge in [-0.25, -0.2) is 0 Å². The molecule has 1 saturated heterocycles. The van der Waals surface area contributed by atoms with Crippen molar-refractivity contribution in [3.8, 4) is 11.5 Å². The van der Waals surface area contributed by atoms with Crippen LogP contribution in [0.25, 0.3) is 0 Å². The fraction of sp³-hybridized carbons (Fsp3) is 0.440. The summed E-state index contributed by atoms with van der Waals surface area (Å²) >= 11 is 0. The van der Waals surface area contributed by atoms with E-state index in [1.165, 1.54) is 5.56 Å². The van der Waals surface area contributed by atoms with Gasteiger partial charge in [-0.05, 0) is 30.2 Å². The SMILES string of the molecule is C=CCc1cc(OC)ccc1OCCOCCN1CCN(Cc2ccccc2)CC1. The van der Waals surface area contributed by atoms with E-state index in [0.29, 0.717) is 13.2 Å². The van der Waals surface area contributed by atoms with Gasteiger partial charge in [0.25, 0.3) is 0 Å². The Labute approximate surface area is 180 Å². The predicted octanol–water partition coefficient (Wildman–Crippen LogP) is 3.64. The largest absolute Gasteiger partial charge is 0.497 e. The minimum atomic E-state index is 0.543. The minimum absolute atomic E-state index is 0.543. The molecule has 30 heavy (non-hydrogen) atoms. The van der Waals surface area contributed by atoms with Crippen LogP contribution < -0.4 is 9.47 Å². The third kappa shape index (κ3) is 7.17. The number of hydrogen-bond donors (Lipinski definition) is 0. The number of hydrogen-bond acceptors (Lipinski definition) is 5. The molecule has 0 atom stereocenters. The Morgan fingerprint density at radius 2 is 1.70 bits per heavy atom. The fourth-order valence-corrected chi connectivity index (χ4v) is 3.66. The molecule has 0 aliphatic carbocycles. The van der Waals surface area contributed by atoms with E-state index in [1.807, 2.05) is 24.3 Å². The molecule has 0 radical (unpaired) electrons. The number of benzene rings is 2. The molecule has 1 fully saturated rings. The molecular formula is C25H34N2O3. The Balaban J connectivity index is 1.28. The maximum atomic E-state index is 5.90. The summed E-state index contributed by atoms with van der Waals surface area (Å²) in [6.07, 6.45) is 2.63. The summed E-state index contributed by atoms with van der Waals surface area (Å²) in [6.45, 7) is 12.1. The molecule has 2 aromatic carbocycles. The smallest absolute Gasteiger partial charge is 0.123 e. The van der Waals surface area contributed by atoms with Gasteiger partial charge in [0.2, 0.25) is 0 Å². The molecule has 1 heterocycles. The third-order valence-electron chi connectivity index (χ3n) is 5.38. The number of ether oxygens (including phenoxy) is 3. The first-order valence-corrected chi connectivity index (χ1v) is 10.8. The van der Waals surface area contributed by atoms with Gasteiger partial charge in [-0.2, -0.15) is 0 Å². The van der Waals surface area contributed by atoms with E-state index in [-0.39, 0.29) is 0 Å². The quantitative estimate of drug-likeness (QED) is 0.394. The van der Waals surface area contributed by atoms with Crippen molar-refractivity contribution in [2.24, 2.45) is 0 Å². The molecule has 0 unspecified atom stereocenters. The zero-order chi connectivity index (χ0) is 21.0. The first-order chi connectivity index (χ1) is 14.8. The first-order valence-electron chi connectivity index (χ1n) is 10.8. The van der Waals surface area contributed by atoms with E-state index in [9.17, 15) is 0 Å². The summed E-state index contributed by atoms with van der Waals surface area (Å²) in [4.78, 5) is 5.00. The molecule has 162 valence electrons. The van der Waals surface area contributed by atoms with Gasteiger partial charge in [-0.15, -0.1) is 6.58 Å². The lowest BCUT2D eigenvalue weighted by Crippen LogP contribution is -2.46. The average molecular weight is 411 g/mol. The van der Waals surface area contributed by atoms with Crippen molar-refractivity contribution in [2.75, 3.05) is 59.7 Å². The molecule has 0 N–H and O–H groups in total. The third-order valence-corrected chi connectivity index (χ3v) is 5.38. The summed E-state index contributed by atoms with van der Waals surface area (Å²) in [7, 11) is 1.67. The highest BCUT2D eigenvalue weighted by Crippen LogP contribution is 2.24. The van der Waals surface area contributed by atoms with E-state index in [2.05, 4.69) is 46.7 Å². The molecule has 0 aromatic heterocycles. The molecule has 0 amide bonds. The zero-order valence-electron chi connectivity index (χ0n) is 18.1. The topological polar surface area (TPSA) is 34.2 Å². The minimum Gasteiger partial charge on any atom is -0.497 e. The predicted molar refractivity (Wildman–Crippen MR) is 121 cm³/mol. The van der Waals surface area contributed by atoms with Gasteiger partial charge >= 0.3 is 0 Å². The van der Waals surface area contributed by atoms with E-state index < -0.39 is 0 Å². The van der Waals surface area contributed by atoms with Crippen molar-refractivity contribution in [3.05, 3.63) is 72.3 Å². The van der Waals surface area contributed by atoms with Crippen molar-refractivity contribution >= 4 is 0 Å². The van der Waals surface area contributed by atoms with Crippen molar-refractivity contribution < 1.29 is 14.2 Å². The Hall–Kier alpha value is -2.34. The highest BCUT2D eigenvalue weighted by atomic mass is 16.5. The summed E-state index contributed by atoms with van der Waals surface area (Å²) in [5.41, 5.74) is 2.47. The second kappa shape index (κ2) is 12.4. The monoisotopic (exact) mass is 410 g/mol. The second-order valence-corrected chi connectivity index (χ2v) is 7.53. The number of allylic oxidation sites excluding steroid dienone is 1. The summed E-state index contributed by atoms with van der Waals surface area (Å²) in [6, 6.07) is 16.6. The molecule has 0 bridgehead atoms. The van der Waals surface area contributed by atoms with Crippen LogP contribution in [0, 0.1) is 0 Å². The molecular weight excluding hydrogens is 376 g/mol. The highest BCUT2D eigenvalue weighted by Gasteiger charge is 2.16. The van der Waals surface area contributed by atoms with Gasteiger partial charge in [0.05, 0.1) is 20.3 Å². The van der Waals surface area contributed by atoms with Crippen molar-refractivity contribution in [1.82, 2.24) is 9.80 Å². The van der Waals surface area contributed by atoms with Crippen LogP contribution in [0.3, 0.4) is 0 Å². The lowest BCUT2D eigenvalue weighted by Gasteiger charge is -2.34. The molecule has 5 nitrogen and oxygen atoms in total. The van der Waals surface area contributed by atoms with Crippen LogP contribution >= 0.6 is 0 Å². The standard InChI is InChI=1S/C25H34N2O3/c1-3-7-23-20-24(28-2)10-11-25(23)30-19-18-29-17-16-26-12-14-27(15-13-26)21-22-8-5-4-6-9-22/h3-6,8-11,20H,1,7,12-19,21H2,2H3. The lowest BCUT2D eigenvalue weighted by atomic mass is 10.1. The van der Waals surface area contributed by atoms with Crippen molar-refractivity contribution in [1.29, 1.82) is 0 Å². The molecule has 1 aliphatic heterocycles.